The Morgan fingerprint density at radius 2 is 0.863 bits per heavy atom. The van der Waals surface area contributed by atoms with Gasteiger partial charge in [-0.3, -0.25) is 0 Å². The van der Waals surface area contributed by atoms with Gasteiger partial charge in [0.05, 0.1) is 22.1 Å². The summed E-state index contributed by atoms with van der Waals surface area (Å²) in [5, 5.41) is 4.28. The van der Waals surface area contributed by atoms with Crippen molar-refractivity contribution < 1.29 is 8.83 Å². The summed E-state index contributed by atoms with van der Waals surface area (Å²) in [4.78, 5) is 2.38. The smallest absolute Gasteiger partial charge is 0.145 e. The summed E-state index contributed by atoms with van der Waals surface area (Å²) in [7, 11) is 0. The summed E-state index contributed by atoms with van der Waals surface area (Å²) < 4.78 is 13.2. The molecule has 0 aliphatic heterocycles. The van der Waals surface area contributed by atoms with Crippen LogP contribution in [0.2, 0.25) is 0 Å². The molecule has 0 radical (unpaired) electrons. The first-order valence-electron chi connectivity index (χ1n) is 17.3. The van der Waals surface area contributed by atoms with Crippen molar-refractivity contribution in [2.24, 2.45) is 0 Å². The molecule has 0 fully saturated rings. The SMILES string of the molecule is c1ccc(-c2ccc(-c3cccc(N(c4cccc5oc6ccccc6c45)c4ccc(-c5ccccc5)c5oc6ccccc6c45)c3)cc2)cc1. The highest BCUT2D eigenvalue weighted by Crippen LogP contribution is 2.49. The molecule has 0 spiro atoms. The average Bonchev–Trinajstić information content (AvgIpc) is 3.79. The summed E-state index contributed by atoms with van der Waals surface area (Å²) >= 11 is 0. The Labute approximate surface area is 295 Å². The number of fused-ring (bicyclic) bond motifs is 6. The van der Waals surface area contributed by atoms with Gasteiger partial charge in [0.15, 0.2) is 0 Å². The second kappa shape index (κ2) is 11.9. The lowest BCUT2D eigenvalue weighted by Crippen LogP contribution is -2.11. The molecule has 0 atom stereocenters. The van der Waals surface area contributed by atoms with Crippen LogP contribution in [0.15, 0.2) is 197 Å². The molecule has 0 N–H and O–H groups in total. The Hall–Kier alpha value is -6.84. The predicted octanol–water partition coefficient (Wildman–Crippen LogP) is 14.0. The van der Waals surface area contributed by atoms with E-state index in [1.54, 1.807) is 0 Å². The maximum absolute atomic E-state index is 6.74. The van der Waals surface area contributed by atoms with Gasteiger partial charge in [-0.2, -0.15) is 0 Å². The van der Waals surface area contributed by atoms with E-state index in [2.05, 4.69) is 169 Å². The summed E-state index contributed by atoms with van der Waals surface area (Å²) in [6.07, 6.45) is 0. The molecule has 3 nitrogen and oxygen atoms in total. The molecule has 0 aliphatic carbocycles. The first-order chi connectivity index (χ1) is 25.3. The Morgan fingerprint density at radius 1 is 0.333 bits per heavy atom. The number of anilines is 3. The third-order valence-corrected chi connectivity index (χ3v) is 9.88. The number of nitrogens with zero attached hydrogens (tertiary/aromatic N) is 1. The van der Waals surface area contributed by atoms with Crippen LogP contribution in [0.5, 0.6) is 0 Å². The highest BCUT2D eigenvalue weighted by atomic mass is 16.3. The summed E-state index contributed by atoms with van der Waals surface area (Å²) in [5.41, 5.74) is 13.4. The van der Waals surface area contributed by atoms with Crippen LogP contribution in [-0.4, -0.2) is 0 Å². The van der Waals surface area contributed by atoms with Crippen LogP contribution in [0.25, 0.3) is 77.3 Å². The van der Waals surface area contributed by atoms with E-state index in [9.17, 15) is 0 Å². The maximum atomic E-state index is 6.74. The van der Waals surface area contributed by atoms with Crippen LogP contribution in [0.3, 0.4) is 0 Å². The van der Waals surface area contributed by atoms with Crippen molar-refractivity contribution >= 4 is 60.9 Å². The molecule has 51 heavy (non-hydrogen) atoms. The number of hydrogen-bond acceptors (Lipinski definition) is 3. The maximum Gasteiger partial charge on any atom is 0.145 e. The standard InChI is InChI=1S/C48H31NO2/c1-3-13-32(14-4-1)33-25-27-34(28-26-33)36-17-11-18-37(31-36)49(41-21-12-24-45-46(41)39-19-7-9-22-43(39)50-45)42-30-29-38(35-15-5-2-6-16-35)48-47(42)40-20-8-10-23-44(40)51-48/h1-31H. The first-order valence-corrected chi connectivity index (χ1v) is 17.3. The number of hydrogen-bond donors (Lipinski definition) is 0. The minimum atomic E-state index is 0.848. The number of benzene rings is 8. The fourth-order valence-corrected chi connectivity index (χ4v) is 7.50. The molecule has 10 rings (SSSR count). The molecule has 0 saturated carbocycles. The zero-order chi connectivity index (χ0) is 33.7. The van der Waals surface area contributed by atoms with Crippen molar-refractivity contribution in [1.29, 1.82) is 0 Å². The predicted molar refractivity (Wildman–Crippen MR) is 212 cm³/mol. The van der Waals surface area contributed by atoms with Gasteiger partial charge in [0.1, 0.15) is 22.3 Å². The van der Waals surface area contributed by atoms with Gasteiger partial charge in [-0.05, 0) is 76.3 Å². The Morgan fingerprint density at radius 3 is 1.61 bits per heavy atom. The van der Waals surface area contributed by atoms with Crippen LogP contribution >= 0.6 is 0 Å². The zero-order valence-corrected chi connectivity index (χ0v) is 27.7. The lowest BCUT2D eigenvalue weighted by atomic mass is 9.98. The van der Waals surface area contributed by atoms with E-state index in [0.29, 0.717) is 0 Å². The molecule has 3 heteroatoms. The zero-order valence-electron chi connectivity index (χ0n) is 27.7. The Balaban J connectivity index is 1.23. The Bertz CT molecular complexity index is 2850. The lowest BCUT2D eigenvalue weighted by Gasteiger charge is -2.28. The minimum Gasteiger partial charge on any atom is -0.456 e. The van der Waals surface area contributed by atoms with E-state index in [-0.39, 0.29) is 0 Å². The molecule has 0 saturated heterocycles. The third-order valence-electron chi connectivity index (χ3n) is 9.88. The molecule has 240 valence electrons. The van der Waals surface area contributed by atoms with Gasteiger partial charge in [-0.1, -0.05) is 140 Å². The highest BCUT2D eigenvalue weighted by Gasteiger charge is 2.25. The van der Waals surface area contributed by atoms with Crippen molar-refractivity contribution in [2.45, 2.75) is 0 Å². The lowest BCUT2D eigenvalue weighted by molar-refractivity contribution is 0.669. The molecule has 8 aromatic carbocycles. The molecular weight excluding hydrogens is 623 g/mol. The van der Waals surface area contributed by atoms with E-state index in [1.807, 2.05) is 24.3 Å². The van der Waals surface area contributed by atoms with Gasteiger partial charge in [-0.15, -0.1) is 0 Å². The van der Waals surface area contributed by atoms with Crippen LogP contribution in [0.4, 0.5) is 17.1 Å². The van der Waals surface area contributed by atoms with Crippen molar-refractivity contribution in [3.63, 3.8) is 0 Å². The largest absolute Gasteiger partial charge is 0.456 e. The number of furan rings is 2. The molecule has 2 heterocycles. The van der Waals surface area contributed by atoms with Crippen molar-refractivity contribution in [1.82, 2.24) is 0 Å². The van der Waals surface area contributed by atoms with Crippen molar-refractivity contribution in [3.8, 4) is 33.4 Å². The Kier molecular flexibility index (Phi) is 6.81. The second-order valence-corrected chi connectivity index (χ2v) is 12.9. The van der Waals surface area contributed by atoms with Crippen LogP contribution in [0.1, 0.15) is 0 Å². The van der Waals surface area contributed by atoms with Crippen LogP contribution in [0, 0.1) is 0 Å². The normalized spacial score (nSPS) is 11.5. The molecule has 10 aromatic rings. The average molecular weight is 654 g/mol. The van der Waals surface area contributed by atoms with E-state index in [0.717, 1.165) is 83.2 Å². The van der Waals surface area contributed by atoms with E-state index >= 15 is 0 Å². The fourth-order valence-electron chi connectivity index (χ4n) is 7.50. The quantitative estimate of drug-likeness (QED) is 0.179. The molecular formula is C48H31NO2. The molecule has 0 unspecified atom stereocenters. The van der Waals surface area contributed by atoms with Gasteiger partial charge in [0.2, 0.25) is 0 Å². The molecule has 2 aromatic heterocycles. The van der Waals surface area contributed by atoms with Gasteiger partial charge in [-0.25, -0.2) is 0 Å². The molecule has 0 aliphatic rings. The third kappa shape index (κ3) is 4.90. The highest BCUT2D eigenvalue weighted by molar-refractivity contribution is 6.19. The van der Waals surface area contributed by atoms with Gasteiger partial charge in [0, 0.05) is 22.0 Å². The second-order valence-electron chi connectivity index (χ2n) is 12.9. The van der Waals surface area contributed by atoms with Gasteiger partial charge >= 0.3 is 0 Å². The first kappa shape index (κ1) is 29.1. The van der Waals surface area contributed by atoms with E-state index in [4.69, 9.17) is 8.83 Å². The minimum absolute atomic E-state index is 0.848. The summed E-state index contributed by atoms with van der Waals surface area (Å²) in [5.74, 6) is 0. The van der Waals surface area contributed by atoms with Crippen molar-refractivity contribution in [2.75, 3.05) is 4.90 Å². The van der Waals surface area contributed by atoms with Gasteiger partial charge in [0.25, 0.3) is 0 Å². The van der Waals surface area contributed by atoms with E-state index < -0.39 is 0 Å². The summed E-state index contributed by atoms with van der Waals surface area (Å²) in [6.45, 7) is 0. The van der Waals surface area contributed by atoms with E-state index in [1.165, 1.54) is 11.1 Å². The van der Waals surface area contributed by atoms with Gasteiger partial charge < -0.3 is 13.7 Å². The fraction of sp³-hybridized carbons (Fsp3) is 0. The van der Waals surface area contributed by atoms with Crippen LogP contribution < -0.4 is 4.90 Å². The van der Waals surface area contributed by atoms with Crippen LogP contribution in [-0.2, 0) is 0 Å². The topological polar surface area (TPSA) is 29.5 Å². The summed E-state index contributed by atoms with van der Waals surface area (Å²) in [6, 6.07) is 66.1. The molecule has 0 bridgehead atoms. The van der Waals surface area contributed by atoms with Crippen molar-refractivity contribution in [3.05, 3.63) is 188 Å². The molecule has 0 amide bonds. The monoisotopic (exact) mass is 653 g/mol. The number of rotatable bonds is 6. The number of para-hydroxylation sites is 2.